The minimum atomic E-state index is -0.170. The molecule has 0 aliphatic heterocycles. The lowest BCUT2D eigenvalue weighted by Gasteiger charge is -2.10. The van der Waals surface area contributed by atoms with Gasteiger partial charge in [-0.05, 0) is 25.2 Å². The number of benzene rings is 1. The maximum absolute atomic E-state index is 11.9. The molecule has 1 aromatic carbocycles. The molecule has 1 amide bonds. The summed E-state index contributed by atoms with van der Waals surface area (Å²) in [5.74, 6) is 0.994. The fourth-order valence-corrected chi connectivity index (χ4v) is 1.39. The molecule has 0 saturated carbocycles. The zero-order valence-electron chi connectivity index (χ0n) is 10.4. The van der Waals surface area contributed by atoms with Gasteiger partial charge in [0.25, 0.3) is 5.91 Å². The van der Waals surface area contributed by atoms with Crippen LogP contribution in [0.3, 0.4) is 0 Å². The minimum absolute atomic E-state index is 0.170. The quantitative estimate of drug-likeness (QED) is 0.715. The van der Waals surface area contributed by atoms with E-state index in [1.165, 1.54) is 7.11 Å². The van der Waals surface area contributed by atoms with Gasteiger partial charge in [0, 0.05) is 13.1 Å². The molecule has 5 heteroatoms. The van der Waals surface area contributed by atoms with Gasteiger partial charge in [-0.15, -0.1) is 0 Å². The summed E-state index contributed by atoms with van der Waals surface area (Å²) in [5, 5.41) is 5.74. The van der Waals surface area contributed by atoms with E-state index in [0.717, 1.165) is 6.54 Å². The Morgan fingerprint density at radius 1 is 1.24 bits per heavy atom. The van der Waals surface area contributed by atoms with E-state index in [4.69, 9.17) is 9.47 Å². The molecule has 0 atom stereocenters. The summed E-state index contributed by atoms with van der Waals surface area (Å²) in [7, 11) is 4.93. The molecule has 2 N–H and O–H groups in total. The second-order valence-electron chi connectivity index (χ2n) is 3.43. The van der Waals surface area contributed by atoms with Crippen molar-refractivity contribution in [1.29, 1.82) is 0 Å². The lowest BCUT2D eigenvalue weighted by atomic mass is 10.1. The first-order valence-electron chi connectivity index (χ1n) is 5.37. The SMILES string of the molecule is CNCCNC(=O)c1cc(OC)ccc1OC. The minimum Gasteiger partial charge on any atom is -0.497 e. The first-order valence-corrected chi connectivity index (χ1v) is 5.37. The molecule has 1 rings (SSSR count). The molecule has 94 valence electrons. The number of methoxy groups -OCH3 is 2. The second kappa shape index (κ2) is 6.75. The lowest BCUT2D eigenvalue weighted by molar-refractivity contribution is 0.0950. The standard InChI is InChI=1S/C12H18N2O3/c1-13-6-7-14-12(15)10-8-9(16-2)4-5-11(10)17-3/h4-5,8,13H,6-7H2,1-3H3,(H,14,15). The predicted octanol–water partition coefficient (Wildman–Crippen LogP) is 0.653. The van der Waals surface area contributed by atoms with Crippen molar-refractivity contribution in [2.24, 2.45) is 0 Å². The third-order valence-corrected chi connectivity index (χ3v) is 2.31. The molecular weight excluding hydrogens is 220 g/mol. The number of likely N-dealkylation sites (N-methyl/N-ethyl adjacent to an activating group) is 1. The van der Waals surface area contributed by atoms with E-state index in [2.05, 4.69) is 10.6 Å². The Balaban J connectivity index is 2.82. The summed E-state index contributed by atoms with van der Waals surface area (Å²) in [5.41, 5.74) is 0.475. The Bertz CT molecular complexity index is 380. The molecule has 5 nitrogen and oxygen atoms in total. The van der Waals surface area contributed by atoms with Gasteiger partial charge in [0.15, 0.2) is 0 Å². The van der Waals surface area contributed by atoms with Gasteiger partial charge in [0.1, 0.15) is 11.5 Å². The summed E-state index contributed by atoms with van der Waals surface area (Å²) in [6, 6.07) is 5.13. The van der Waals surface area contributed by atoms with Gasteiger partial charge >= 0.3 is 0 Å². The highest BCUT2D eigenvalue weighted by Crippen LogP contribution is 2.23. The van der Waals surface area contributed by atoms with Crippen LogP contribution in [0.5, 0.6) is 11.5 Å². The number of nitrogens with one attached hydrogen (secondary N) is 2. The van der Waals surface area contributed by atoms with Crippen LogP contribution in [0.2, 0.25) is 0 Å². The van der Waals surface area contributed by atoms with Gasteiger partial charge < -0.3 is 20.1 Å². The monoisotopic (exact) mass is 238 g/mol. The van der Waals surface area contributed by atoms with Crippen LogP contribution in [-0.4, -0.2) is 40.3 Å². The molecule has 0 aliphatic carbocycles. The maximum Gasteiger partial charge on any atom is 0.255 e. The average molecular weight is 238 g/mol. The summed E-state index contributed by atoms with van der Waals surface area (Å²) in [6.45, 7) is 1.29. The van der Waals surface area contributed by atoms with Crippen molar-refractivity contribution in [3.8, 4) is 11.5 Å². The third kappa shape index (κ3) is 3.64. The van der Waals surface area contributed by atoms with E-state index in [0.29, 0.717) is 23.6 Å². The lowest BCUT2D eigenvalue weighted by Crippen LogP contribution is -2.30. The van der Waals surface area contributed by atoms with Crippen molar-refractivity contribution in [3.05, 3.63) is 23.8 Å². The Hall–Kier alpha value is -1.75. The zero-order chi connectivity index (χ0) is 12.7. The highest BCUT2D eigenvalue weighted by molar-refractivity contribution is 5.97. The molecule has 0 fully saturated rings. The molecular formula is C12H18N2O3. The fourth-order valence-electron chi connectivity index (χ4n) is 1.39. The van der Waals surface area contributed by atoms with Crippen LogP contribution in [0.1, 0.15) is 10.4 Å². The molecule has 17 heavy (non-hydrogen) atoms. The van der Waals surface area contributed by atoms with Crippen molar-refractivity contribution in [3.63, 3.8) is 0 Å². The van der Waals surface area contributed by atoms with Crippen LogP contribution >= 0.6 is 0 Å². The van der Waals surface area contributed by atoms with E-state index in [-0.39, 0.29) is 5.91 Å². The fraction of sp³-hybridized carbons (Fsp3) is 0.417. The van der Waals surface area contributed by atoms with Gasteiger partial charge in [-0.1, -0.05) is 0 Å². The molecule has 0 aromatic heterocycles. The third-order valence-electron chi connectivity index (χ3n) is 2.31. The molecule has 1 aromatic rings. The number of carbonyl (C=O) groups is 1. The van der Waals surface area contributed by atoms with Crippen molar-refractivity contribution >= 4 is 5.91 Å². The summed E-state index contributed by atoms with van der Waals surface area (Å²) < 4.78 is 10.2. The summed E-state index contributed by atoms with van der Waals surface area (Å²) >= 11 is 0. The van der Waals surface area contributed by atoms with Crippen LogP contribution in [-0.2, 0) is 0 Å². The predicted molar refractivity (Wildman–Crippen MR) is 65.8 cm³/mol. The molecule has 0 aliphatic rings. The van der Waals surface area contributed by atoms with E-state index < -0.39 is 0 Å². The van der Waals surface area contributed by atoms with Crippen molar-refractivity contribution in [1.82, 2.24) is 10.6 Å². The second-order valence-corrected chi connectivity index (χ2v) is 3.43. The Labute approximate surface area is 101 Å². The van der Waals surface area contributed by atoms with Crippen LogP contribution in [0.4, 0.5) is 0 Å². The molecule has 0 spiro atoms. The summed E-state index contributed by atoms with van der Waals surface area (Å²) in [6.07, 6.45) is 0. The van der Waals surface area contributed by atoms with Gasteiger partial charge in [0.05, 0.1) is 19.8 Å². The normalized spacial score (nSPS) is 9.82. The van der Waals surface area contributed by atoms with E-state index in [1.54, 1.807) is 25.3 Å². The zero-order valence-corrected chi connectivity index (χ0v) is 10.4. The summed E-state index contributed by atoms with van der Waals surface area (Å²) in [4.78, 5) is 11.9. The topological polar surface area (TPSA) is 59.6 Å². The van der Waals surface area contributed by atoms with E-state index >= 15 is 0 Å². The number of rotatable bonds is 6. The molecule has 0 saturated heterocycles. The van der Waals surface area contributed by atoms with E-state index in [1.807, 2.05) is 7.05 Å². The molecule has 0 bridgehead atoms. The maximum atomic E-state index is 11.9. The number of amides is 1. The van der Waals surface area contributed by atoms with Gasteiger partial charge in [-0.2, -0.15) is 0 Å². The van der Waals surface area contributed by atoms with Crippen molar-refractivity contribution in [2.75, 3.05) is 34.4 Å². The first-order chi connectivity index (χ1) is 8.22. The highest BCUT2D eigenvalue weighted by atomic mass is 16.5. The van der Waals surface area contributed by atoms with Crippen LogP contribution in [0.25, 0.3) is 0 Å². The van der Waals surface area contributed by atoms with Gasteiger partial charge in [-0.25, -0.2) is 0 Å². The smallest absolute Gasteiger partial charge is 0.255 e. The first kappa shape index (κ1) is 13.3. The highest BCUT2D eigenvalue weighted by Gasteiger charge is 2.12. The number of ether oxygens (including phenoxy) is 2. The number of hydrogen-bond donors (Lipinski definition) is 2. The van der Waals surface area contributed by atoms with Crippen LogP contribution in [0, 0.1) is 0 Å². The van der Waals surface area contributed by atoms with Gasteiger partial charge in [0.2, 0.25) is 0 Å². The molecule has 0 unspecified atom stereocenters. The van der Waals surface area contributed by atoms with Crippen molar-refractivity contribution < 1.29 is 14.3 Å². The number of hydrogen-bond acceptors (Lipinski definition) is 4. The molecule has 0 radical (unpaired) electrons. The Kier molecular flexibility index (Phi) is 5.29. The Morgan fingerprint density at radius 2 is 2.00 bits per heavy atom. The van der Waals surface area contributed by atoms with Crippen LogP contribution in [0.15, 0.2) is 18.2 Å². The van der Waals surface area contributed by atoms with Crippen LogP contribution < -0.4 is 20.1 Å². The van der Waals surface area contributed by atoms with Gasteiger partial charge in [-0.3, -0.25) is 4.79 Å². The van der Waals surface area contributed by atoms with Crippen molar-refractivity contribution in [2.45, 2.75) is 0 Å². The number of carbonyl (C=O) groups excluding carboxylic acids is 1. The average Bonchev–Trinajstić information content (AvgIpc) is 2.38. The Morgan fingerprint density at radius 3 is 2.59 bits per heavy atom. The van der Waals surface area contributed by atoms with E-state index in [9.17, 15) is 4.79 Å². The molecule has 0 heterocycles. The largest absolute Gasteiger partial charge is 0.497 e.